The number of carbonyl (C=O) groups excluding carboxylic acids is 1. The SMILES string of the molecule is C[C@@H](C(=O)NCc1ccc2c(c1)OCO2)N(C)C[C@@H]1COc2ccccc2O1. The summed E-state index contributed by atoms with van der Waals surface area (Å²) in [4.78, 5) is 14.5. The van der Waals surface area contributed by atoms with Crippen LogP contribution >= 0.6 is 0 Å². The Morgan fingerprint density at radius 1 is 1.11 bits per heavy atom. The van der Waals surface area contributed by atoms with Gasteiger partial charge < -0.3 is 24.3 Å². The van der Waals surface area contributed by atoms with Crippen molar-refractivity contribution in [3.63, 3.8) is 0 Å². The lowest BCUT2D eigenvalue weighted by Gasteiger charge is -2.31. The van der Waals surface area contributed by atoms with Crippen LogP contribution in [0.25, 0.3) is 0 Å². The summed E-state index contributed by atoms with van der Waals surface area (Å²) >= 11 is 0. The summed E-state index contributed by atoms with van der Waals surface area (Å²) in [5, 5.41) is 2.97. The predicted molar refractivity (Wildman–Crippen MR) is 103 cm³/mol. The van der Waals surface area contributed by atoms with E-state index in [-0.39, 0.29) is 24.8 Å². The van der Waals surface area contributed by atoms with Gasteiger partial charge in [0.1, 0.15) is 12.7 Å². The molecule has 2 atom stereocenters. The van der Waals surface area contributed by atoms with Gasteiger partial charge in [0.15, 0.2) is 23.0 Å². The van der Waals surface area contributed by atoms with Gasteiger partial charge in [-0.2, -0.15) is 0 Å². The molecular formula is C21H24N2O5. The molecule has 2 aliphatic heterocycles. The van der Waals surface area contributed by atoms with E-state index in [1.54, 1.807) is 0 Å². The van der Waals surface area contributed by atoms with E-state index >= 15 is 0 Å². The van der Waals surface area contributed by atoms with Crippen LogP contribution < -0.4 is 24.3 Å². The van der Waals surface area contributed by atoms with Gasteiger partial charge in [-0.15, -0.1) is 0 Å². The van der Waals surface area contributed by atoms with Crippen molar-refractivity contribution in [2.75, 3.05) is 27.0 Å². The monoisotopic (exact) mass is 384 g/mol. The van der Waals surface area contributed by atoms with Crippen molar-refractivity contribution in [3.05, 3.63) is 48.0 Å². The number of hydrogen-bond donors (Lipinski definition) is 1. The minimum atomic E-state index is -0.296. The van der Waals surface area contributed by atoms with E-state index in [0.29, 0.717) is 25.4 Å². The number of fused-ring (bicyclic) bond motifs is 2. The molecule has 2 heterocycles. The standard InChI is InChI=1S/C21H24N2O5/c1-14(21(24)22-10-15-7-8-18-20(9-15)27-13-26-18)23(2)11-16-12-25-17-5-3-4-6-19(17)28-16/h3-9,14,16H,10-13H2,1-2H3,(H,22,24)/t14-,16+/m0/s1. The molecule has 2 aliphatic rings. The number of rotatable bonds is 6. The molecule has 1 N–H and O–H groups in total. The maximum absolute atomic E-state index is 12.6. The normalized spacial score (nSPS) is 18.0. The summed E-state index contributed by atoms with van der Waals surface area (Å²) in [6.45, 7) is 3.61. The highest BCUT2D eigenvalue weighted by atomic mass is 16.7. The van der Waals surface area contributed by atoms with Crippen molar-refractivity contribution >= 4 is 5.91 Å². The number of amides is 1. The number of hydrogen-bond acceptors (Lipinski definition) is 6. The zero-order chi connectivity index (χ0) is 19.5. The largest absolute Gasteiger partial charge is 0.486 e. The Morgan fingerprint density at radius 2 is 1.86 bits per heavy atom. The average molecular weight is 384 g/mol. The number of para-hydroxylation sites is 2. The fourth-order valence-corrected chi connectivity index (χ4v) is 3.22. The molecule has 7 heteroatoms. The van der Waals surface area contributed by atoms with Crippen LogP contribution in [0, 0.1) is 0 Å². The van der Waals surface area contributed by atoms with Crippen molar-refractivity contribution in [3.8, 4) is 23.0 Å². The van der Waals surface area contributed by atoms with Crippen LogP contribution in [0.15, 0.2) is 42.5 Å². The number of ether oxygens (including phenoxy) is 4. The van der Waals surface area contributed by atoms with Crippen molar-refractivity contribution in [1.29, 1.82) is 0 Å². The topological polar surface area (TPSA) is 69.3 Å². The van der Waals surface area contributed by atoms with Gasteiger partial charge in [0.05, 0.1) is 6.04 Å². The van der Waals surface area contributed by atoms with E-state index in [4.69, 9.17) is 18.9 Å². The highest BCUT2D eigenvalue weighted by molar-refractivity contribution is 5.81. The Labute approximate surface area is 164 Å². The van der Waals surface area contributed by atoms with Crippen molar-refractivity contribution in [2.45, 2.75) is 25.6 Å². The molecule has 2 aromatic rings. The lowest BCUT2D eigenvalue weighted by Crippen LogP contribution is -2.48. The van der Waals surface area contributed by atoms with Crippen LogP contribution in [0.3, 0.4) is 0 Å². The quantitative estimate of drug-likeness (QED) is 0.824. The molecule has 0 radical (unpaired) electrons. The Kier molecular flexibility index (Phi) is 5.25. The lowest BCUT2D eigenvalue weighted by molar-refractivity contribution is -0.126. The summed E-state index contributed by atoms with van der Waals surface area (Å²) in [5.74, 6) is 2.91. The van der Waals surface area contributed by atoms with Crippen LogP contribution in [-0.2, 0) is 11.3 Å². The van der Waals surface area contributed by atoms with E-state index in [9.17, 15) is 4.79 Å². The first-order valence-electron chi connectivity index (χ1n) is 9.35. The third kappa shape index (κ3) is 3.99. The first-order valence-corrected chi connectivity index (χ1v) is 9.35. The Morgan fingerprint density at radius 3 is 2.71 bits per heavy atom. The van der Waals surface area contributed by atoms with Gasteiger partial charge in [-0.05, 0) is 43.8 Å². The molecule has 0 fully saturated rings. The molecule has 0 aliphatic carbocycles. The van der Waals surface area contributed by atoms with Gasteiger partial charge >= 0.3 is 0 Å². The zero-order valence-corrected chi connectivity index (χ0v) is 16.0. The fraction of sp³-hybridized carbons (Fsp3) is 0.381. The molecule has 1 amide bonds. The summed E-state index contributed by atoms with van der Waals surface area (Å²) in [6, 6.07) is 13.0. The predicted octanol–water partition coefficient (Wildman–Crippen LogP) is 2.19. The second-order valence-electron chi connectivity index (χ2n) is 7.02. The smallest absolute Gasteiger partial charge is 0.237 e. The van der Waals surface area contributed by atoms with Gasteiger partial charge in [-0.3, -0.25) is 9.69 Å². The highest BCUT2D eigenvalue weighted by Crippen LogP contribution is 2.32. The van der Waals surface area contributed by atoms with E-state index in [0.717, 1.165) is 22.8 Å². The van der Waals surface area contributed by atoms with E-state index in [2.05, 4.69) is 5.32 Å². The van der Waals surface area contributed by atoms with Crippen LogP contribution in [0.2, 0.25) is 0 Å². The van der Waals surface area contributed by atoms with Gasteiger partial charge in [0.2, 0.25) is 12.7 Å². The third-order valence-electron chi connectivity index (χ3n) is 5.00. The molecule has 7 nitrogen and oxygen atoms in total. The molecule has 28 heavy (non-hydrogen) atoms. The molecule has 2 aromatic carbocycles. The van der Waals surface area contributed by atoms with Crippen LogP contribution in [-0.4, -0.2) is 49.9 Å². The van der Waals surface area contributed by atoms with E-state index < -0.39 is 0 Å². The van der Waals surface area contributed by atoms with Crippen LogP contribution in [0.5, 0.6) is 23.0 Å². The zero-order valence-electron chi connectivity index (χ0n) is 16.0. The average Bonchev–Trinajstić information content (AvgIpc) is 3.19. The first-order chi connectivity index (χ1) is 13.6. The van der Waals surface area contributed by atoms with Crippen LogP contribution in [0.1, 0.15) is 12.5 Å². The van der Waals surface area contributed by atoms with E-state index in [1.165, 1.54) is 0 Å². The second kappa shape index (κ2) is 7.98. The lowest BCUT2D eigenvalue weighted by atomic mass is 10.2. The van der Waals surface area contributed by atoms with E-state index in [1.807, 2.05) is 61.3 Å². The van der Waals surface area contributed by atoms with Crippen molar-refractivity contribution in [1.82, 2.24) is 10.2 Å². The molecule has 148 valence electrons. The maximum atomic E-state index is 12.6. The number of benzene rings is 2. The number of likely N-dealkylation sites (N-methyl/N-ethyl adjacent to an activating group) is 1. The minimum Gasteiger partial charge on any atom is -0.486 e. The van der Waals surface area contributed by atoms with Gasteiger partial charge in [0, 0.05) is 13.1 Å². The number of nitrogens with one attached hydrogen (secondary N) is 1. The third-order valence-corrected chi connectivity index (χ3v) is 5.00. The molecule has 0 saturated carbocycles. The molecule has 0 unspecified atom stereocenters. The Bertz CT molecular complexity index is 856. The van der Waals surface area contributed by atoms with Gasteiger partial charge in [0.25, 0.3) is 0 Å². The summed E-state index contributed by atoms with van der Waals surface area (Å²) in [7, 11) is 1.91. The fourth-order valence-electron chi connectivity index (χ4n) is 3.22. The van der Waals surface area contributed by atoms with Crippen molar-refractivity contribution in [2.24, 2.45) is 0 Å². The summed E-state index contributed by atoms with van der Waals surface area (Å²) < 4.78 is 22.4. The Balaban J connectivity index is 1.27. The highest BCUT2D eigenvalue weighted by Gasteiger charge is 2.26. The first kappa shape index (κ1) is 18.4. The molecular weight excluding hydrogens is 360 g/mol. The number of carbonyl (C=O) groups is 1. The summed E-state index contributed by atoms with van der Waals surface area (Å²) in [5.41, 5.74) is 0.966. The van der Waals surface area contributed by atoms with Crippen LogP contribution in [0.4, 0.5) is 0 Å². The second-order valence-corrected chi connectivity index (χ2v) is 7.02. The minimum absolute atomic E-state index is 0.0442. The maximum Gasteiger partial charge on any atom is 0.237 e. The molecule has 0 aromatic heterocycles. The molecule has 0 bridgehead atoms. The molecule has 0 spiro atoms. The summed E-state index contributed by atoms with van der Waals surface area (Å²) in [6.07, 6.45) is -0.121. The molecule has 4 rings (SSSR count). The molecule has 0 saturated heterocycles. The van der Waals surface area contributed by atoms with Gasteiger partial charge in [-0.1, -0.05) is 18.2 Å². The van der Waals surface area contributed by atoms with Crippen molar-refractivity contribution < 1.29 is 23.7 Å². The van der Waals surface area contributed by atoms with Gasteiger partial charge in [-0.25, -0.2) is 0 Å². The number of nitrogens with zero attached hydrogens (tertiary/aromatic N) is 1. The Hall–Kier alpha value is -2.93.